The monoisotopic (exact) mass is 166 g/mol. The number of para-hydroxylation sites is 1. The molecule has 0 unspecified atom stereocenters. The molecule has 0 saturated heterocycles. The van der Waals surface area contributed by atoms with E-state index in [4.69, 9.17) is 4.74 Å². The van der Waals surface area contributed by atoms with E-state index in [-0.39, 0.29) is 0 Å². The van der Waals surface area contributed by atoms with Crippen molar-refractivity contribution < 1.29 is 9.13 Å². The average molecular weight is 166 g/mol. The first-order valence-corrected chi connectivity index (χ1v) is 3.75. The molecule has 0 spiro atoms. The lowest BCUT2D eigenvalue weighted by atomic mass is 10.1. The van der Waals surface area contributed by atoms with Gasteiger partial charge in [-0.3, -0.25) is 0 Å². The van der Waals surface area contributed by atoms with Crippen LogP contribution in [0.3, 0.4) is 0 Å². The number of hydrogen-bond donors (Lipinski definition) is 0. The minimum Gasteiger partial charge on any atom is -0.496 e. The van der Waals surface area contributed by atoms with Gasteiger partial charge in [-0.1, -0.05) is 24.3 Å². The third-order valence-electron chi connectivity index (χ3n) is 1.62. The molecular formula is C10H11FO. The summed E-state index contributed by atoms with van der Waals surface area (Å²) in [7, 11) is 1.61. The van der Waals surface area contributed by atoms with Crippen molar-refractivity contribution >= 4 is 0 Å². The maximum Gasteiger partial charge on any atom is 0.122 e. The standard InChI is InChI=1S/C10H11FO/c1-12-10-7-3-2-5-9(10)6-4-8-11/h2-5,7-8H,6H2,1H3. The summed E-state index contributed by atoms with van der Waals surface area (Å²) in [4.78, 5) is 0. The Morgan fingerprint density at radius 3 is 2.83 bits per heavy atom. The quantitative estimate of drug-likeness (QED) is 0.670. The van der Waals surface area contributed by atoms with Crippen LogP contribution in [0.1, 0.15) is 5.56 Å². The Labute approximate surface area is 71.5 Å². The minimum absolute atomic E-state index is 0.548. The van der Waals surface area contributed by atoms with Gasteiger partial charge in [0.15, 0.2) is 0 Å². The lowest BCUT2D eigenvalue weighted by Crippen LogP contribution is -1.89. The molecule has 0 amide bonds. The Balaban J connectivity index is 2.81. The predicted molar refractivity (Wildman–Crippen MR) is 46.9 cm³/mol. The second kappa shape index (κ2) is 4.54. The van der Waals surface area contributed by atoms with E-state index in [1.54, 1.807) is 7.11 Å². The first-order valence-electron chi connectivity index (χ1n) is 3.75. The van der Waals surface area contributed by atoms with E-state index in [2.05, 4.69) is 0 Å². The summed E-state index contributed by atoms with van der Waals surface area (Å²) in [6.45, 7) is 0. The van der Waals surface area contributed by atoms with Gasteiger partial charge in [-0.05, 0) is 18.1 Å². The second-order valence-corrected chi connectivity index (χ2v) is 2.38. The van der Waals surface area contributed by atoms with Gasteiger partial charge < -0.3 is 4.74 Å². The van der Waals surface area contributed by atoms with Gasteiger partial charge in [0, 0.05) is 0 Å². The summed E-state index contributed by atoms with van der Waals surface area (Å²) in [5.74, 6) is 0.801. The molecule has 0 aliphatic heterocycles. The number of halogens is 1. The van der Waals surface area contributed by atoms with Gasteiger partial charge in [-0.25, -0.2) is 4.39 Å². The molecule has 1 rings (SSSR count). The lowest BCUT2D eigenvalue weighted by molar-refractivity contribution is 0.410. The van der Waals surface area contributed by atoms with Crippen LogP contribution < -0.4 is 4.74 Å². The Morgan fingerprint density at radius 2 is 2.17 bits per heavy atom. The number of rotatable bonds is 3. The summed E-state index contributed by atoms with van der Waals surface area (Å²) in [6, 6.07) is 7.58. The Hall–Kier alpha value is -1.31. The summed E-state index contributed by atoms with van der Waals surface area (Å²) in [6.07, 6.45) is 2.57. The molecule has 1 aromatic carbocycles. The molecule has 0 fully saturated rings. The van der Waals surface area contributed by atoms with Crippen LogP contribution in [-0.2, 0) is 6.42 Å². The zero-order valence-corrected chi connectivity index (χ0v) is 6.96. The minimum atomic E-state index is 0.548. The molecule has 0 aliphatic carbocycles. The molecule has 64 valence electrons. The summed E-state index contributed by atoms with van der Waals surface area (Å²) in [5, 5.41) is 0. The largest absolute Gasteiger partial charge is 0.496 e. The Bertz CT molecular complexity index is 268. The zero-order valence-electron chi connectivity index (χ0n) is 6.96. The third kappa shape index (κ3) is 2.09. The molecule has 0 N–H and O–H groups in total. The molecule has 1 nitrogen and oxygen atoms in total. The second-order valence-electron chi connectivity index (χ2n) is 2.38. The SMILES string of the molecule is COc1ccccc1CC=CF. The average Bonchev–Trinajstić information content (AvgIpc) is 2.15. The highest BCUT2D eigenvalue weighted by molar-refractivity contribution is 5.34. The van der Waals surface area contributed by atoms with E-state index in [0.29, 0.717) is 12.8 Å². The number of benzene rings is 1. The van der Waals surface area contributed by atoms with Gasteiger partial charge in [0.1, 0.15) is 5.75 Å². The molecule has 0 radical (unpaired) electrons. The molecule has 0 saturated carbocycles. The highest BCUT2D eigenvalue weighted by atomic mass is 19.1. The molecule has 0 atom stereocenters. The van der Waals surface area contributed by atoms with Gasteiger partial charge in [-0.2, -0.15) is 0 Å². The van der Waals surface area contributed by atoms with Crippen LogP contribution in [0, 0.1) is 0 Å². The maximum absolute atomic E-state index is 11.7. The molecule has 2 heteroatoms. The maximum atomic E-state index is 11.7. The summed E-state index contributed by atoms with van der Waals surface area (Å²) < 4.78 is 16.8. The van der Waals surface area contributed by atoms with Crippen LogP contribution >= 0.6 is 0 Å². The van der Waals surface area contributed by atoms with Crippen molar-refractivity contribution in [2.45, 2.75) is 6.42 Å². The van der Waals surface area contributed by atoms with Crippen LogP contribution in [0.4, 0.5) is 4.39 Å². The zero-order chi connectivity index (χ0) is 8.81. The molecule has 1 aromatic rings. The molecular weight excluding hydrogens is 155 g/mol. The van der Waals surface area contributed by atoms with Crippen molar-refractivity contribution in [3.05, 3.63) is 42.2 Å². The molecule has 0 heterocycles. The molecule has 0 aliphatic rings. The van der Waals surface area contributed by atoms with Crippen molar-refractivity contribution in [3.63, 3.8) is 0 Å². The fourth-order valence-electron chi connectivity index (χ4n) is 1.04. The van der Waals surface area contributed by atoms with Crippen molar-refractivity contribution in [3.8, 4) is 5.75 Å². The van der Waals surface area contributed by atoms with E-state index in [9.17, 15) is 4.39 Å². The van der Waals surface area contributed by atoms with Crippen LogP contribution in [0.2, 0.25) is 0 Å². The highest BCUT2D eigenvalue weighted by Crippen LogP contribution is 2.17. The van der Waals surface area contributed by atoms with Crippen LogP contribution in [0.15, 0.2) is 36.7 Å². The number of hydrogen-bond acceptors (Lipinski definition) is 1. The van der Waals surface area contributed by atoms with Gasteiger partial charge in [0.25, 0.3) is 0 Å². The van der Waals surface area contributed by atoms with Gasteiger partial charge in [0.05, 0.1) is 13.4 Å². The fourth-order valence-corrected chi connectivity index (χ4v) is 1.04. The van der Waals surface area contributed by atoms with E-state index in [0.717, 1.165) is 11.3 Å². The van der Waals surface area contributed by atoms with Crippen molar-refractivity contribution in [2.24, 2.45) is 0 Å². The Morgan fingerprint density at radius 1 is 1.42 bits per heavy atom. The molecule has 0 bridgehead atoms. The van der Waals surface area contributed by atoms with Crippen molar-refractivity contribution in [1.82, 2.24) is 0 Å². The van der Waals surface area contributed by atoms with E-state index in [1.165, 1.54) is 6.08 Å². The Kier molecular flexibility index (Phi) is 3.33. The predicted octanol–water partition coefficient (Wildman–Crippen LogP) is 2.72. The van der Waals surface area contributed by atoms with Crippen molar-refractivity contribution in [2.75, 3.05) is 7.11 Å². The number of methoxy groups -OCH3 is 1. The lowest BCUT2D eigenvalue weighted by Gasteiger charge is -2.04. The fraction of sp³-hybridized carbons (Fsp3) is 0.200. The number of allylic oxidation sites excluding steroid dienone is 1. The van der Waals surface area contributed by atoms with Crippen LogP contribution in [-0.4, -0.2) is 7.11 Å². The van der Waals surface area contributed by atoms with Crippen LogP contribution in [0.5, 0.6) is 5.75 Å². The molecule has 12 heavy (non-hydrogen) atoms. The third-order valence-corrected chi connectivity index (χ3v) is 1.62. The smallest absolute Gasteiger partial charge is 0.122 e. The normalized spacial score (nSPS) is 10.5. The first-order chi connectivity index (χ1) is 5.88. The first kappa shape index (κ1) is 8.78. The summed E-state index contributed by atoms with van der Waals surface area (Å²) >= 11 is 0. The van der Waals surface area contributed by atoms with E-state index >= 15 is 0 Å². The highest BCUT2D eigenvalue weighted by Gasteiger charge is 1.97. The van der Waals surface area contributed by atoms with E-state index in [1.807, 2.05) is 24.3 Å². The van der Waals surface area contributed by atoms with Crippen LogP contribution in [0.25, 0.3) is 0 Å². The number of ether oxygens (including phenoxy) is 1. The van der Waals surface area contributed by atoms with E-state index < -0.39 is 0 Å². The topological polar surface area (TPSA) is 9.23 Å². The van der Waals surface area contributed by atoms with Crippen molar-refractivity contribution in [1.29, 1.82) is 0 Å². The molecule has 0 aromatic heterocycles. The summed E-state index contributed by atoms with van der Waals surface area (Å²) in [5.41, 5.74) is 0.994. The van der Waals surface area contributed by atoms with Gasteiger partial charge in [-0.15, -0.1) is 0 Å². The van der Waals surface area contributed by atoms with Gasteiger partial charge in [0.2, 0.25) is 0 Å². The van der Waals surface area contributed by atoms with Gasteiger partial charge >= 0.3 is 0 Å².